The van der Waals surface area contributed by atoms with Crippen LogP contribution in [0.2, 0.25) is 5.15 Å². The summed E-state index contributed by atoms with van der Waals surface area (Å²) < 4.78 is 10.7. The van der Waals surface area contributed by atoms with Gasteiger partial charge >= 0.3 is 0 Å². The van der Waals surface area contributed by atoms with Gasteiger partial charge in [0.25, 0.3) is 11.8 Å². The van der Waals surface area contributed by atoms with Crippen molar-refractivity contribution in [3.63, 3.8) is 0 Å². The highest BCUT2D eigenvalue weighted by Crippen LogP contribution is 2.34. The summed E-state index contributed by atoms with van der Waals surface area (Å²) in [6, 6.07) is 3.42. The second-order valence-electron chi connectivity index (χ2n) is 7.31. The number of nitrogens with zero attached hydrogens (tertiary/aromatic N) is 4. The predicted octanol–water partition coefficient (Wildman–Crippen LogP) is 3.13. The van der Waals surface area contributed by atoms with E-state index in [4.69, 9.17) is 21.1 Å². The van der Waals surface area contributed by atoms with Gasteiger partial charge in [-0.1, -0.05) is 22.9 Å². The molecule has 2 N–H and O–H groups in total. The van der Waals surface area contributed by atoms with E-state index in [0.717, 1.165) is 24.2 Å². The molecule has 0 aliphatic carbocycles. The number of anilines is 1. The number of amides is 2. The normalized spacial score (nSPS) is 14.0. The van der Waals surface area contributed by atoms with Crippen LogP contribution in [0.5, 0.6) is 5.75 Å². The molecule has 172 valence electrons. The van der Waals surface area contributed by atoms with Crippen molar-refractivity contribution in [2.75, 3.05) is 25.6 Å². The summed E-state index contributed by atoms with van der Waals surface area (Å²) in [4.78, 5) is 33.8. The maximum absolute atomic E-state index is 13.1. The third-order valence-electron chi connectivity index (χ3n) is 5.03. The summed E-state index contributed by atoms with van der Waals surface area (Å²) >= 11 is 7.08. The Bertz CT molecular complexity index is 1180. The van der Waals surface area contributed by atoms with Gasteiger partial charge in [0.15, 0.2) is 0 Å². The molecule has 12 heteroatoms. The van der Waals surface area contributed by atoms with Crippen LogP contribution in [0.4, 0.5) is 5.13 Å². The Morgan fingerprint density at radius 2 is 1.91 bits per heavy atom. The first-order chi connectivity index (χ1) is 15.9. The molecule has 0 radical (unpaired) electrons. The van der Waals surface area contributed by atoms with E-state index in [-0.39, 0.29) is 32.8 Å². The fraction of sp³-hybridized carbons (Fsp3) is 0.333. The first-order valence-electron chi connectivity index (χ1n) is 10.1. The number of hydrogen-bond acceptors (Lipinski definition) is 9. The summed E-state index contributed by atoms with van der Waals surface area (Å²) in [5.41, 5.74) is 2.16. The lowest BCUT2D eigenvalue weighted by molar-refractivity contribution is 0.0696. The van der Waals surface area contributed by atoms with Crippen molar-refractivity contribution >= 4 is 39.9 Å². The number of halogens is 1. The van der Waals surface area contributed by atoms with Gasteiger partial charge in [0.05, 0.1) is 18.9 Å². The zero-order valence-electron chi connectivity index (χ0n) is 17.9. The van der Waals surface area contributed by atoms with Gasteiger partial charge in [-0.3, -0.25) is 19.9 Å². The first kappa shape index (κ1) is 23.0. The number of pyridine rings is 2. The zero-order valence-corrected chi connectivity index (χ0v) is 19.5. The van der Waals surface area contributed by atoms with Crippen LogP contribution in [-0.4, -0.2) is 58.3 Å². The van der Waals surface area contributed by atoms with E-state index >= 15 is 0 Å². The lowest BCUT2D eigenvalue weighted by Gasteiger charge is -2.22. The molecule has 0 atom stereocenters. The maximum Gasteiger partial charge on any atom is 0.282 e. The Morgan fingerprint density at radius 3 is 2.67 bits per heavy atom. The molecular weight excluding hydrogens is 468 g/mol. The molecule has 10 nitrogen and oxygen atoms in total. The molecule has 1 aliphatic rings. The van der Waals surface area contributed by atoms with Crippen molar-refractivity contribution < 1.29 is 19.1 Å². The molecule has 4 rings (SSSR count). The first-order valence-corrected chi connectivity index (χ1v) is 11.3. The highest BCUT2D eigenvalue weighted by molar-refractivity contribution is 7.17. The number of nitrogens with one attached hydrogen (secondary N) is 2. The van der Waals surface area contributed by atoms with Gasteiger partial charge in [-0.15, -0.1) is 10.2 Å². The Kier molecular flexibility index (Phi) is 7.11. The van der Waals surface area contributed by atoms with Gasteiger partial charge in [0, 0.05) is 42.3 Å². The second kappa shape index (κ2) is 10.2. The number of ether oxygens (including phenoxy) is 2. The molecule has 33 heavy (non-hydrogen) atoms. The molecule has 0 saturated carbocycles. The molecule has 2 amide bonds. The predicted molar refractivity (Wildman–Crippen MR) is 123 cm³/mol. The minimum absolute atomic E-state index is 0.0385. The lowest BCUT2D eigenvalue weighted by Crippen LogP contribution is -2.38. The highest BCUT2D eigenvalue weighted by atomic mass is 35.5. The molecule has 0 unspecified atom stereocenters. The van der Waals surface area contributed by atoms with Crippen molar-refractivity contribution in [1.82, 2.24) is 25.5 Å². The minimum atomic E-state index is -0.458. The van der Waals surface area contributed by atoms with Crippen LogP contribution < -0.4 is 15.4 Å². The molecular formula is C21H21ClN6O4S. The number of rotatable bonds is 6. The Hall–Kier alpha value is -3.15. The molecule has 3 aromatic rings. The van der Waals surface area contributed by atoms with E-state index < -0.39 is 5.91 Å². The molecule has 0 bridgehead atoms. The fourth-order valence-electron chi connectivity index (χ4n) is 3.37. The Labute approximate surface area is 198 Å². The highest BCUT2D eigenvalue weighted by Gasteiger charge is 2.22. The van der Waals surface area contributed by atoms with E-state index in [1.165, 1.54) is 19.5 Å². The van der Waals surface area contributed by atoms with Crippen LogP contribution in [0, 0.1) is 6.92 Å². The summed E-state index contributed by atoms with van der Waals surface area (Å²) in [5, 5.41) is 14.1. The van der Waals surface area contributed by atoms with Crippen LogP contribution >= 0.6 is 22.9 Å². The van der Waals surface area contributed by atoms with Gasteiger partial charge in [-0.25, -0.2) is 4.98 Å². The number of carbonyl (C=O) groups excluding carboxylic acids is 2. The Morgan fingerprint density at radius 1 is 1.12 bits per heavy atom. The van der Waals surface area contributed by atoms with Crippen LogP contribution in [0.1, 0.15) is 38.7 Å². The number of aryl methyl sites for hydroxylation is 1. The van der Waals surface area contributed by atoms with E-state index in [9.17, 15) is 9.59 Å². The van der Waals surface area contributed by atoms with Crippen LogP contribution in [0.15, 0.2) is 24.5 Å². The maximum atomic E-state index is 13.1. The molecule has 1 fully saturated rings. The molecule has 0 spiro atoms. The summed E-state index contributed by atoms with van der Waals surface area (Å²) in [6.45, 7) is 3.04. The quantitative estimate of drug-likeness (QED) is 0.506. The number of hydrogen-bond donors (Lipinski definition) is 2. The zero-order chi connectivity index (χ0) is 23.4. The number of methoxy groups -OCH3 is 1. The third-order valence-corrected chi connectivity index (χ3v) is 6.07. The van der Waals surface area contributed by atoms with Gasteiger partial charge in [0.1, 0.15) is 10.9 Å². The van der Waals surface area contributed by atoms with Gasteiger partial charge < -0.3 is 14.8 Å². The molecule has 0 aromatic carbocycles. The van der Waals surface area contributed by atoms with E-state index in [2.05, 4.69) is 30.8 Å². The van der Waals surface area contributed by atoms with Gasteiger partial charge in [-0.05, 0) is 31.9 Å². The third kappa shape index (κ3) is 5.44. The largest absolute Gasteiger partial charge is 0.494 e. The lowest BCUT2D eigenvalue weighted by atomic mass is 10.0. The summed E-state index contributed by atoms with van der Waals surface area (Å²) in [7, 11) is 1.51. The molecule has 1 aliphatic heterocycles. The molecule has 1 saturated heterocycles. The standard InChI is InChI=1S/C21H21ClN6O4S/c1-11-7-13(14-8-17(22)24-10-16(14)31-2)15(9-23-11)18(29)26-21-28-27-20(33-21)19(30)25-12-3-5-32-6-4-12/h7-10,12H,3-6H2,1-2H3,(H,25,30)(H,26,28,29). The average molecular weight is 489 g/mol. The summed E-state index contributed by atoms with van der Waals surface area (Å²) in [5.74, 6) is -0.323. The van der Waals surface area contributed by atoms with Crippen molar-refractivity contribution in [1.29, 1.82) is 0 Å². The van der Waals surface area contributed by atoms with Crippen molar-refractivity contribution in [2.24, 2.45) is 0 Å². The monoisotopic (exact) mass is 488 g/mol. The number of aromatic nitrogens is 4. The second-order valence-corrected chi connectivity index (χ2v) is 8.67. The SMILES string of the molecule is COc1cnc(Cl)cc1-c1cc(C)ncc1C(=O)Nc1nnc(C(=O)NC2CCOCC2)s1. The number of carbonyl (C=O) groups is 2. The molecule has 3 aromatic heterocycles. The van der Waals surface area contributed by atoms with Gasteiger partial charge in [0.2, 0.25) is 10.1 Å². The molecule has 4 heterocycles. The van der Waals surface area contributed by atoms with E-state index in [1.54, 1.807) is 12.1 Å². The summed E-state index contributed by atoms with van der Waals surface area (Å²) in [6.07, 6.45) is 4.45. The minimum Gasteiger partial charge on any atom is -0.494 e. The van der Waals surface area contributed by atoms with Crippen molar-refractivity contribution in [2.45, 2.75) is 25.8 Å². The van der Waals surface area contributed by atoms with Gasteiger partial charge in [-0.2, -0.15) is 0 Å². The van der Waals surface area contributed by atoms with Crippen molar-refractivity contribution in [3.8, 4) is 16.9 Å². The topological polar surface area (TPSA) is 128 Å². The average Bonchev–Trinajstić information content (AvgIpc) is 3.28. The van der Waals surface area contributed by atoms with Crippen LogP contribution in [0.25, 0.3) is 11.1 Å². The van der Waals surface area contributed by atoms with E-state index in [0.29, 0.717) is 35.8 Å². The van der Waals surface area contributed by atoms with Crippen molar-refractivity contribution in [3.05, 3.63) is 45.9 Å². The smallest absolute Gasteiger partial charge is 0.282 e. The van der Waals surface area contributed by atoms with E-state index in [1.807, 2.05) is 6.92 Å². The van der Waals surface area contributed by atoms with Crippen LogP contribution in [0.3, 0.4) is 0 Å². The van der Waals surface area contributed by atoms with Crippen LogP contribution in [-0.2, 0) is 4.74 Å². The Balaban J connectivity index is 1.54. The fourth-order valence-corrected chi connectivity index (χ4v) is 4.17.